The third kappa shape index (κ3) is 3.87. The molecule has 1 aliphatic rings. The van der Waals surface area contributed by atoms with E-state index in [1.165, 1.54) is 0 Å². The van der Waals surface area contributed by atoms with E-state index in [2.05, 4.69) is 9.97 Å². The number of nitrogens with two attached hydrogens (primary N) is 2. The van der Waals surface area contributed by atoms with E-state index in [1.54, 1.807) is 29.4 Å². The number of rotatable bonds is 2. The van der Waals surface area contributed by atoms with E-state index in [4.69, 9.17) is 16.2 Å². The van der Waals surface area contributed by atoms with Crippen molar-refractivity contribution in [2.45, 2.75) is 44.8 Å². The minimum Gasteiger partial charge on any atom is -0.444 e. The quantitative estimate of drug-likeness (QED) is 0.857. The first-order valence-electron chi connectivity index (χ1n) is 8.67. The molecule has 1 saturated heterocycles. The van der Waals surface area contributed by atoms with Crippen LogP contribution < -0.4 is 11.5 Å². The summed E-state index contributed by atoms with van der Waals surface area (Å²) in [7, 11) is 0. The van der Waals surface area contributed by atoms with Gasteiger partial charge in [0.05, 0.1) is 6.04 Å². The van der Waals surface area contributed by atoms with E-state index in [-0.39, 0.29) is 18.1 Å². The van der Waals surface area contributed by atoms with Crippen LogP contribution in [-0.2, 0) is 4.74 Å². The first kappa shape index (κ1) is 18.0. The molecule has 26 heavy (non-hydrogen) atoms. The van der Waals surface area contributed by atoms with Gasteiger partial charge in [-0.15, -0.1) is 0 Å². The number of anilines is 2. The van der Waals surface area contributed by atoms with E-state index in [9.17, 15) is 4.79 Å². The average Bonchev–Trinajstić information content (AvgIpc) is 3.00. The molecular weight excluding hydrogens is 330 g/mol. The summed E-state index contributed by atoms with van der Waals surface area (Å²) in [4.78, 5) is 22.9. The summed E-state index contributed by atoms with van der Waals surface area (Å²) in [5, 5.41) is 0. The van der Waals surface area contributed by atoms with Gasteiger partial charge in [0.15, 0.2) is 0 Å². The molecular formula is C19H25N5O2. The van der Waals surface area contributed by atoms with Gasteiger partial charge in [-0.25, -0.2) is 14.8 Å². The molecule has 0 bridgehead atoms. The molecule has 0 spiro atoms. The minimum absolute atomic E-state index is 0.0843. The number of hydrogen-bond donors (Lipinski definition) is 2. The highest BCUT2D eigenvalue weighted by Gasteiger charge is 2.41. The minimum atomic E-state index is -0.554. The Labute approximate surface area is 153 Å². The number of pyridine rings is 2. The third-order valence-corrected chi connectivity index (χ3v) is 4.41. The molecule has 0 aliphatic carbocycles. The van der Waals surface area contributed by atoms with Crippen molar-refractivity contribution in [2.24, 2.45) is 0 Å². The largest absolute Gasteiger partial charge is 0.444 e. The average molecular weight is 355 g/mol. The Morgan fingerprint density at radius 1 is 1.08 bits per heavy atom. The van der Waals surface area contributed by atoms with E-state index in [0.29, 0.717) is 18.2 Å². The molecule has 7 nitrogen and oxygen atoms in total. The lowest BCUT2D eigenvalue weighted by molar-refractivity contribution is 0.0217. The highest BCUT2D eigenvalue weighted by atomic mass is 16.6. The summed E-state index contributed by atoms with van der Waals surface area (Å²) in [6, 6.07) is 7.21. The second-order valence-electron chi connectivity index (χ2n) is 7.55. The van der Waals surface area contributed by atoms with Gasteiger partial charge in [-0.05, 0) is 50.5 Å². The molecule has 1 fully saturated rings. The smallest absolute Gasteiger partial charge is 0.410 e. The molecule has 0 saturated carbocycles. The van der Waals surface area contributed by atoms with Gasteiger partial charge in [-0.1, -0.05) is 12.1 Å². The molecule has 4 N–H and O–H groups in total. The van der Waals surface area contributed by atoms with Crippen LogP contribution in [0.2, 0.25) is 0 Å². The van der Waals surface area contributed by atoms with Crippen molar-refractivity contribution in [3.8, 4) is 0 Å². The summed E-state index contributed by atoms with van der Waals surface area (Å²) in [5.41, 5.74) is 12.8. The number of ether oxygens (including phenoxy) is 1. The van der Waals surface area contributed by atoms with E-state index in [1.807, 2.05) is 32.9 Å². The molecule has 138 valence electrons. The molecule has 2 aromatic rings. The molecule has 2 unspecified atom stereocenters. The number of nitrogens with zero attached hydrogens (tertiary/aromatic N) is 3. The number of carbonyl (C=O) groups is 1. The van der Waals surface area contributed by atoms with Gasteiger partial charge in [-0.2, -0.15) is 0 Å². The van der Waals surface area contributed by atoms with Crippen molar-refractivity contribution < 1.29 is 9.53 Å². The van der Waals surface area contributed by atoms with Crippen LogP contribution >= 0.6 is 0 Å². The van der Waals surface area contributed by atoms with Crippen LogP contribution in [0.4, 0.5) is 16.4 Å². The van der Waals surface area contributed by atoms with Gasteiger partial charge < -0.3 is 21.1 Å². The summed E-state index contributed by atoms with van der Waals surface area (Å²) >= 11 is 0. The number of aromatic nitrogens is 2. The number of carbonyl (C=O) groups excluding carboxylic acids is 1. The van der Waals surface area contributed by atoms with Gasteiger partial charge in [0.2, 0.25) is 0 Å². The number of hydrogen-bond acceptors (Lipinski definition) is 6. The van der Waals surface area contributed by atoms with Crippen LogP contribution in [0.5, 0.6) is 0 Å². The Bertz CT molecular complexity index is 768. The van der Waals surface area contributed by atoms with Gasteiger partial charge in [-0.3, -0.25) is 0 Å². The maximum atomic E-state index is 12.8. The third-order valence-electron chi connectivity index (χ3n) is 4.41. The maximum Gasteiger partial charge on any atom is 0.410 e. The van der Waals surface area contributed by atoms with Gasteiger partial charge >= 0.3 is 6.09 Å². The van der Waals surface area contributed by atoms with Crippen molar-refractivity contribution in [2.75, 3.05) is 18.0 Å². The molecule has 1 aliphatic heterocycles. The molecule has 2 aromatic heterocycles. The summed E-state index contributed by atoms with van der Waals surface area (Å²) in [6.45, 7) is 6.19. The second-order valence-corrected chi connectivity index (χ2v) is 7.55. The highest BCUT2D eigenvalue weighted by molar-refractivity contribution is 5.69. The van der Waals surface area contributed by atoms with Gasteiger partial charge in [0.25, 0.3) is 0 Å². The fourth-order valence-electron chi connectivity index (χ4n) is 3.31. The van der Waals surface area contributed by atoms with E-state index in [0.717, 1.165) is 17.5 Å². The van der Waals surface area contributed by atoms with Crippen molar-refractivity contribution in [3.05, 3.63) is 47.8 Å². The fraction of sp³-hybridized carbons (Fsp3) is 0.421. The van der Waals surface area contributed by atoms with Crippen molar-refractivity contribution in [1.29, 1.82) is 0 Å². The van der Waals surface area contributed by atoms with E-state index < -0.39 is 5.60 Å². The maximum absolute atomic E-state index is 12.8. The van der Waals surface area contributed by atoms with Gasteiger partial charge in [0.1, 0.15) is 17.2 Å². The van der Waals surface area contributed by atoms with Crippen LogP contribution in [0.3, 0.4) is 0 Å². The van der Waals surface area contributed by atoms with Crippen LogP contribution in [0.25, 0.3) is 0 Å². The Morgan fingerprint density at radius 2 is 1.65 bits per heavy atom. The number of likely N-dealkylation sites (tertiary alicyclic amines) is 1. The van der Waals surface area contributed by atoms with E-state index >= 15 is 0 Å². The fourth-order valence-corrected chi connectivity index (χ4v) is 3.31. The molecule has 7 heteroatoms. The Kier molecular flexibility index (Phi) is 4.71. The monoisotopic (exact) mass is 355 g/mol. The molecule has 3 heterocycles. The molecule has 2 atom stereocenters. The topological polar surface area (TPSA) is 107 Å². The van der Waals surface area contributed by atoms with Crippen molar-refractivity contribution >= 4 is 17.7 Å². The standard InChI is InChI=1S/C19H25N5O2/c1-19(2,3)26-18(25)24-9-8-14(12-4-6-15(20)22-10-12)17(24)13-5-7-16(21)23-11-13/h4-7,10-11,14,17H,8-9H2,1-3H3,(H2,20,22)(H2,21,23). The molecule has 0 aromatic carbocycles. The van der Waals surface area contributed by atoms with Gasteiger partial charge in [0, 0.05) is 24.9 Å². The first-order valence-corrected chi connectivity index (χ1v) is 8.67. The van der Waals surface area contributed by atoms with Crippen LogP contribution in [0, 0.1) is 0 Å². The van der Waals surface area contributed by atoms with Crippen molar-refractivity contribution in [3.63, 3.8) is 0 Å². The predicted octanol–water partition coefficient (Wildman–Crippen LogP) is 3.11. The van der Waals surface area contributed by atoms with Crippen LogP contribution in [0.15, 0.2) is 36.7 Å². The van der Waals surface area contributed by atoms with Crippen LogP contribution in [-0.4, -0.2) is 33.1 Å². The summed E-state index contributed by atoms with van der Waals surface area (Å²) < 4.78 is 5.61. The zero-order chi connectivity index (χ0) is 18.9. The lowest BCUT2D eigenvalue weighted by Crippen LogP contribution is -2.37. The molecule has 1 amide bonds. The second kappa shape index (κ2) is 6.82. The van der Waals surface area contributed by atoms with Crippen molar-refractivity contribution in [1.82, 2.24) is 14.9 Å². The number of nitrogen functional groups attached to an aromatic ring is 2. The normalized spacial score (nSPS) is 20.2. The lowest BCUT2D eigenvalue weighted by atomic mass is 9.89. The molecule has 0 radical (unpaired) electrons. The Morgan fingerprint density at radius 3 is 2.15 bits per heavy atom. The lowest BCUT2D eigenvalue weighted by Gasteiger charge is -2.31. The molecule has 3 rings (SSSR count). The SMILES string of the molecule is CC(C)(C)OC(=O)N1CCC(c2ccc(N)nc2)C1c1ccc(N)nc1. The Hall–Kier alpha value is -2.83. The predicted molar refractivity (Wildman–Crippen MR) is 100 cm³/mol. The highest BCUT2D eigenvalue weighted by Crippen LogP contribution is 2.44. The summed E-state index contributed by atoms with van der Waals surface area (Å²) in [6.07, 6.45) is 3.97. The summed E-state index contributed by atoms with van der Waals surface area (Å²) in [5.74, 6) is 1.00. The number of amides is 1. The van der Waals surface area contributed by atoms with Crippen LogP contribution in [0.1, 0.15) is 50.3 Å². The first-order chi connectivity index (χ1) is 12.2. The Balaban J connectivity index is 1.96. The zero-order valence-electron chi connectivity index (χ0n) is 15.3. The zero-order valence-corrected chi connectivity index (χ0v) is 15.3.